The molecule has 2 aromatic rings. The second-order valence-corrected chi connectivity index (χ2v) is 8.79. The van der Waals surface area contributed by atoms with E-state index in [2.05, 4.69) is 10.5 Å². The Morgan fingerprint density at radius 1 is 1.11 bits per heavy atom. The van der Waals surface area contributed by atoms with Crippen LogP contribution in [0.3, 0.4) is 0 Å². The molecule has 1 N–H and O–H groups in total. The SMILES string of the molecule is CCCC(=O)NCc1ccc(C2=NOC(C(c3ccc(Cl)c(C(F)(F)F)c3)C(F)(F)F)C2)cc1Cl. The van der Waals surface area contributed by atoms with Gasteiger partial charge in [0, 0.05) is 30.0 Å². The van der Waals surface area contributed by atoms with E-state index in [1.807, 2.05) is 6.92 Å². The molecule has 1 heterocycles. The van der Waals surface area contributed by atoms with E-state index < -0.39 is 40.5 Å². The summed E-state index contributed by atoms with van der Waals surface area (Å²) in [6.45, 7) is 2.04. The molecule has 0 aromatic heterocycles. The number of amides is 1. The molecule has 0 saturated carbocycles. The second-order valence-electron chi connectivity index (χ2n) is 7.98. The van der Waals surface area contributed by atoms with Crippen molar-refractivity contribution in [2.45, 2.75) is 57.1 Å². The monoisotopic (exact) mass is 540 g/mol. The Hall–Kier alpha value is -2.46. The summed E-state index contributed by atoms with van der Waals surface area (Å²) in [7, 11) is 0. The average Bonchev–Trinajstić information content (AvgIpc) is 3.22. The first-order valence-corrected chi connectivity index (χ1v) is 11.3. The highest BCUT2D eigenvalue weighted by Gasteiger charge is 2.50. The number of hydrogen-bond acceptors (Lipinski definition) is 3. The summed E-state index contributed by atoms with van der Waals surface area (Å²) >= 11 is 11.8. The van der Waals surface area contributed by atoms with Crippen LogP contribution in [-0.4, -0.2) is 23.9 Å². The van der Waals surface area contributed by atoms with Gasteiger partial charge in [-0.25, -0.2) is 0 Å². The highest BCUT2D eigenvalue weighted by Crippen LogP contribution is 2.44. The fraction of sp³-hybridized carbons (Fsp3) is 0.391. The Bertz CT molecular complexity index is 1120. The van der Waals surface area contributed by atoms with Gasteiger partial charge in [0.25, 0.3) is 0 Å². The van der Waals surface area contributed by atoms with Crippen molar-refractivity contribution in [3.05, 3.63) is 68.7 Å². The third-order valence-electron chi connectivity index (χ3n) is 5.41. The van der Waals surface area contributed by atoms with E-state index in [1.54, 1.807) is 12.1 Å². The van der Waals surface area contributed by atoms with Crippen molar-refractivity contribution < 1.29 is 36.0 Å². The van der Waals surface area contributed by atoms with Crippen LogP contribution in [-0.2, 0) is 22.4 Å². The lowest BCUT2D eigenvalue weighted by Gasteiger charge is -2.25. The Kier molecular flexibility index (Phi) is 8.26. The Labute approximate surface area is 207 Å². The number of rotatable bonds is 7. The molecule has 12 heteroatoms. The van der Waals surface area contributed by atoms with Crippen LogP contribution in [0.15, 0.2) is 41.6 Å². The number of oxime groups is 1. The summed E-state index contributed by atoms with van der Waals surface area (Å²) < 4.78 is 81.4. The van der Waals surface area contributed by atoms with Gasteiger partial charge in [-0.2, -0.15) is 26.3 Å². The molecule has 1 aliphatic heterocycles. The highest BCUT2D eigenvalue weighted by atomic mass is 35.5. The van der Waals surface area contributed by atoms with Gasteiger partial charge < -0.3 is 10.2 Å². The van der Waals surface area contributed by atoms with E-state index in [9.17, 15) is 31.1 Å². The maximum atomic E-state index is 13.9. The Balaban J connectivity index is 1.80. The molecule has 0 fully saturated rings. The van der Waals surface area contributed by atoms with Gasteiger partial charge in [-0.15, -0.1) is 0 Å². The van der Waals surface area contributed by atoms with Crippen LogP contribution >= 0.6 is 23.2 Å². The lowest BCUT2D eigenvalue weighted by molar-refractivity contribution is -0.176. The number of alkyl halides is 6. The predicted molar refractivity (Wildman–Crippen MR) is 119 cm³/mol. The van der Waals surface area contributed by atoms with Crippen LogP contribution in [0, 0.1) is 0 Å². The fourth-order valence-corrected chi connectivity index (χ4v) is 4.17. The normalized spacial score (nSPS) is 17.1. The van der Waals surface area contributed by atoms with Gasteiger partial charge in [-0.3, -0.25) is 4.79 Å². The maximum Gasteiger partial charge on any atom is 0.417 e. The molecule has 0 spiro atoms. The first kappa shape index (κ1) is 27.1. The van der Waals surface area contributed by atoms with Crippen LogP contribution in [0.25, 0.3) is 0 Å². The van der Waals surface area contributed by atoms with Crippen LogP contribution in [0.2, 0.25) is 10.0 Å². The predicted octanol–water partition coefficient (Wildman–Crippen LogP) is 7.27. The molecular weight excluding hydrogens is 521 g/mol. The van der Waals surface area contributed by atoms with Gasteiger partial charge in [-0.1, -0.05) is 53.5 Å². The van der Waals surface area contributed by atoms with E-state index >= 15 is 0 Å². The van der Waals surface area contributed by atoms with Gasteiger partial charge in [0.1, 0.15) is 12.0 Å². The quantitative estimate of drug-likeness (QED) is 0.375. The van der Waals surface area contributed by atoms with E-state index in [4.69, 9.17) is 28.0 Å². The molecule has 0 radical (unpaired) electrons. The highest BCUT2D eigenvalue weighted by molar-refractivity contribution is 6.32. The molecule has 0 bridgehead atoms. The summed E-state index contributed by atoms with van der Waals surface area (Å²) in [4.78, 5) is 16.7. The Morgan fingerprint density at radius 3 is 2.43 bits per heavy atom. The molecule has 2 unspecified atom stereocenters. The van der Waals surface area contributed by atoms with Crippen LogP contribution in [0.1, 0.15) is 54.4 Å². The minimum Gasteiger partial charge on any atom is -0.391 e. The lowest BCUT2D eigenvalue weighted by atomic mass is 9.88. The van der Waals surface area contributed by atoms with Crippen molar-refractivity contribution in [3.63, 3.8) is 0 Å². The third-order valence-corrected chi connectivity index (χ3v) is 6.09. The number of carbonyl (C=O) groups excluding carboxylic acids is 1. The van der Waals surface area contributed by atoms with E-state index in [0.717, 1.165) is 12.1 Å². The van der Waals surface area contributed by atoms with Crippen LogP contribution < -0.4 is 5.32 Å². The molecule has 0 aliphatic carbocycles. The lowest BCUT2D eigenvalue weighted by Crippen LogP contribution is -2.32. The van der Waals surface area contributed by atoms with Crippen molar-refractivity contribution in [1.82, 2.24) is 5.32 Å². The molecular formula is C23H20Cl2F6N2O2. The summed E-state index contributed by atoms with van der Waals surface area (Å²) in [5.74, 6) is -2.51. The number of benzene rings is 2. The van der Waals surface area contributed by atoms with Crippen molar-refractivity contribution in [3.8, 4) is 0 Å². The van der Waals surface area contributed by atoms with Gasteiger partial charge >= 0.3 is 12.4 Å². The van der Waals surface area contributed by atoms with E-state index in [-0.39, 0.29) is 29.6 Å². The number of carbonyl (C=O) groups is 1. The zero-order chi connectivity index (χ0) is 26.0. The van der Waals surface area contributed by atoms with Crippen molar-refractivity contribution in [1.29, 1.82) is 0 Å². The second kappa shape index (κ2) is 10.7. The Morgan fingerprint density at radius 2 is 1.83 bits per heavy atom. The fourth-order valence-electron chi connectivity index (χ4n) is 3.69. The van der Waals surface area contributed by atoms with E-state index in [0.29, 0.717) is 30.0 Å². The van der Waals surface area contributed by atoms with Crippen molar-refractivity contribution in [2.24, 2.45) is 5.16 Å². The molecule has 0 saturated heterocycles. The van der Waals surface area contributed by atoms with Gasteiger partial charge in [0.2, 0.25) is 5.91 Å². The number of hydrogen-bond donors (Lipinski definition) is 1. The molecule has 190 valence electrons. The molecule has 1 aliphatic rings. The van der Waals surface area contributed by atoms with Crippen molar-refractivity contribution in [2.75, 3.05) is 0 Å². The minimum atomic E-state index is -4.92. The molecule has 2 atom stereocenters. The first-order valence-electron chi connectivity index (χ1n) is 10.5. The standard InChI is InChI=1S/C23H20Cl2F6N2O2/c1-2-3-20(34)32-11-14-5-4-12(9-17(14)25)18-10-19(35-33-18)21(23(29,30)31)13-6-7-16(24)15(8-13)22(26,27)28/h4-9,19,21H,2-3,10-11H2,1H3,(H,32,34). The molecule has 2 aromatic carbocycles. The molecule has 35 heavy (non-hydrogen) atoms. The zero-order valence-corrected chi connectivity index (χ0v) is 19.7. The van der Waals surface area contributed by atoms with E-state index in [1.165, 1.54) is 6.07 Å². The molecule has 4 nitrogen and oxygen atoms in total. The van der Waals surface area contributed by atoms with Crippen molar-refractivity contribution >= 4 is 34.8 Å². The van der Waals surface area contributed by atoms with Gasteiger partial charge in [-0.05, 0) is 35.7 Å². The number of halogens is 8. The summed E-state index contributed by atoms with van der Waals surface area (Å²) in [6, 6.07) is 6.74. The topological polar surface area (TPSA) is 50.7 Å². The van der Waals surface area contributed by atoms with Crippen LogP contribution in [0.4, 0.5) is 26.3 Å². The summed E-state index contributed by atoms with van der Waals surface area (Å²) in [5, 5.41) is 6.03. The molecule has 1 amide bonds. The largest absolute Gasteiger partial charge is 0.417 e. The maximum absolute atomic E-state index is 13.9. The summed E-state index contributed by atoms with van der Waals surface area (Å²) in [6.07, 6.45) is -10.7. The smallest absolute Gasteiger partial charge is 0.391 e. The number of nitrogens with one attached hydrogen (secondary N) is 1. The average molecular weight is 541 g/mol. The summed E-state index contributed by atoms with van der Waals surface area (Å²) in [5.41, 5.74) is -0.831. The van der Waals surface area contributed by atoms with Gasteiger partial charge in [0.15, 0.2) is 0 Å². The minimum absolute atomic E-state index is 0.141. The first-order chi connectivity index (χ1) is 16.3. The van der Waals surface area contributed by atoms with Crippen LogP contribution in [0.5, 0.6) is 0 Å². The zero-order valence-electron chi connectivity index (χ0n) is 18.2. The number of nitrogens with zero attached hydrogens (tertiary/aromatic N) is 1. The third kappa shape index (κ3) is 6.61. The molecule has 3 rings (SSSR count). The van der Waals surface area contributed by atoms with Gasteiger partial charge in [0.05, 0.1) is 16.3 Å².